The highest BCUT2D eigenvalue weighted by Crippen LogP contribution is 2.32. The number of nitrogens with zero attached hydrogens (tertiary/aromatic N) is 1. The molecule has 0 amide bonds. The highest BCUT2D eigenvalue weighted by Gasteiger charge is 2.20. The van der Waals surface area contributed by atoms with Crippen LogP contribution in [0.3, 0.4) is 0 Å². The van der Waals surface area contributed by atoms with E-state index in [4.69, 9.17) is 5.26 Å². The quantitative estimate of drug-likeness (QED) is 0.758. The molecule has 1 aromatic heterocycles. The van der Waals surface area contributed by atoms with Gasteiger partial charge >= 0.3 is 0 Å². The normalized spacial score (nSPS) is 14.9. The molecule has 0 atom stereocenters. The number of thiophene rings is 1. The fraction of sp³-hybridized carbons (Fsp3) is 0.583. The molecular formula is C12H16N2S2. The van der Waals surface area contributed by atoms with Gasteiger partial charge in [0.25, 0.3) is 0 Å². The second kappa shape index (κ2) is 6.29. The van der Waals surface area contributed by atoms with Gasteiger partial charge in [0.15, 0.2) is 0 Å². The van der Waals surface area contributed by atoms with E-state index in [-0.39, 0.29) is 0 Å². The van der Waals surface area contributed by atoms with Crippen molar-refractivity contribution in [2.45, 2.75) is 19.4 Å². The molecule has 16 heavy (non-hydrogen) atoms. The maximum Gasteiger partial charge on any atom is 0.100 e. The number of rotatable bonds is 7. The molecule has 0 radical (unpaired) electrons. The summed E-state index contributed by atoms with van der Waals surface area (Å²) in [6, 6.07) is 4.12. The van der Waals surface area contributed by atoms with Crippen molar-refractivity contribution >= 4 is 23.1 Å². The summed E-state index contributed by atoms with van der Waals surface area (Å²) in [4.78, 5) is 1.25. The van der Waals surface area contributed by atoms with E-state index in [0.29, 0.717) is 0 Å². The molecule has 1 aliphatic carbocycles. The molecule has 0 aliphatic heterocycles. The van der Waals surface area contributed by atoms with Crippen molar-refractivity contribution in [3.05, 3.63) is 21.9 Å². The van der Waals surface area contributed by atoms with Crippen molar-refractivity contribution in [1.82, 2.24) is 5.32 Å². The first-order chi connectivity index (χ1) is 7.88. The van der Waals surface area contributed by atoms with E-state index in [9.17, 15) is 0 Å². The topological polar surface area (TPSA) is 35.8 Å². The molecule has 0 aromatic carbocycles. The van der Waals surface area contributed by atoms with Gasteiger partial charge in [0.2, 0.25) is 0 Å². The Balaban J connectivity index is 1.51. The van der Waals surface area contributed by atoms with Crippen molar-refractivity contribution in [3.8, 4) is 6.07 Å². The summed E-state index contributed by atoms with van der Waals surface area (Å²) in [6.45, 7) is 1.97. The van der Waals surface area contributed by atoms with Gasteiger partial charge in [0, 0.05) is 29.1 Å². The minimum Gasteiger partial charge on any atom is -0.311 e. The van der Waals surface area contributed by atoms with Gasteiger partial charge in [-0.2, -0.15) is 17.0 Å². The first-order valence-electron chi connectivity index (χ1n) is 5.64. The molecular weight excluding hydrogens is 236 g/mol. The van der Waals surface area contributed by atoms with Gasteiger partial charge in [-0.05, 0) is 30.6 Å². The Morgan fingerprint density at radius 2 is 2.44 bits per heavy atom. The summed E-state index contributed by atoms with van der Waals surface area (Å²) < 4.78 is 0. The molecule has 1 aromatic rings. The second-order valence-electron chi connectivity index (χ2n) is 4.11. The molecule has 86 valence electrons. The smallest absolute Gasteiger partial charge is 0.100 e. The zero-order valence-electron chi connectivity index (χ0n) is 9.24. The van der Waals surface area contributed by atoms with Crippen LogP contribution in [0.15, 0.2) is 11.4 Å². The van der Waals surface area contributed by atoms with E-state index >= 15 is 0 Å². The highest BCUT2D eigenvalue weighted by atomic mass is 32.2. The molecule has 4 heteroatoms. The Kier molecular flexibility index (Phi) is 4.70. The number of nitriles is 1. The molecule has 1 saturated carbocycles. The molecule has 0 bridgehead atoms. The van der Waals surface area contributed by atoms with Crippen molar-refractivity contribution in [2.75, 3.05) is 18.1 Å². The number of thioether (sulfide) groups is 1. The van der Waals surface area contributed by atoms with Gasteiger partial charge in [0.1, 0.15) is 6.07 Å². The van der Waals surface area contributed by atoms with Crippen LogP contribution in [0.25, 0.3) is 0 Å². The van der Waals surface area contributed by atoms with E-state index in [0.717, 1.165) is 24.6 Å². The maximum absolute atomic E-state index is 8.68. The Bertz CT molecular complexity index is 363. The average Bonchev–Trinajstić information content (AvgIpc) is 3.01. The van der Waals surface area contributed by atoms with Crippen molar-refractivity contribution < 1.29 is 0 Å². The van der Waals surface area contributed by atoms with Crippen molar-refractivity contribution in [1.29, 1.82) is 5.26 Å². The predicted octanol–water partition coefficient (Wildman–Crippen LogP) is 2.85. The first kappa shape index (κ1) is 12.0. The van der Waals surface area contributed by atoms with Gasteiger partial charge in [-0.3, -0.25) is 0 Å². The summed E-state index contributed by atoms with van der Waals surface area (Å²) in [7, 11) is 0. The molecule has 0 saturated heterocycles. The summed E-state index contributed by atoms with van der Waals surface area (Å²) in [5.41, 5.74) is 0.782. The highest BCUT2D eigenvalue weighted by molar-refractivity contribution is 7.99. The minimum atomic E-state index is 0.782. The Labute approximate surface area is 105 Å². The maximum atomic E-state index is 8.68. The number of hydrogen-bond donors (Lipinski definition) is 1. The average molecular weight is 252 g/mol. The fourth-order valence-corrected chi connectivity index (χ4v) is 3.32. The molecule has 1 aliphatic rings. The Morgan fingerprint density at radius 3 is 3.12 bits per heavy atom. The molecule has 1 fully saturated rings. The van der Waals surface area contributed by atoms with Crippen LogP contribution in [0.1, 0.15) is 23.3 Å². The molecule has 1 N–H and O–H groups in total. The van der Waals surface area contributed by atoms with Gasteiger partial charge in [0.05, 0.1) is 5.56 Å². The monoisotopic (exact) mass is 252 g/mol. The van der Waals surface area contributed by atoms with Crippen LogP contribution >= 0.6 is 23.1 Å². The van der Waals surface area contributed by atoms with Crippen LogP contribution in [0.4, 0.5) is 0 Å². The fourth-order valence-electron chi connectivity index (χ4n) is 1.42. The zero-order chi connectivity index (χ0) is 11.2. The van der Waals surface area contributed by atoms with Crippen LogP contribution in [-0.2, 0) is 6.54 Å². The predicted molar refractivity (Wildman–Crippen MR) is 70.8 cm³/mol. The lowest BCUT2D eigenvalue weighted by Crippen LogP contribution is -2.16. The van der Waals surface area contributed by atoms with Crippen molar-refractivity contribution in [3.63, 3.8) is 0 Å². The number of hydrogen-bond acceptors (Lipinski definition) is 4. The van der Waals surface area contributed by atoms with Crippen LogP contribution < -0.4 is 5.32 Å². The molecule has 1 heterocycles. The van der Waals surface area contributed by atoms with Gasteiger partial charge in [-0.1, -0.05) is 0 Å². The van der Waals surface area contributed by atoms with Crippen molar-refractivity contribution in [2.24, 2.45) is 5.92 Å². The lowest BCUT2D eigenvalue weighted by atomic mass is 10.3. The molecule has 0 unspecified atom stereocenters. The minimum absolute atomic E-state index is 0.782. The molecule has 2 rings (SSSR count). The van der Waals surface area contributed by atoms with Gasteiger partial charge < -0.3 is 5.32 Å². The largest absolute Gasteiger partial charge is 0.311 e. The first-order valence-corrected chi connectivity index (χ1v) is 7.68. The van der Waals surface area contributed by atoms with E-state index in [1.165, 1.54) is 29.2 Å². The lowest BCUT2D eigenvalue weighted by Gasteiger charge is -2.02. The van der Waals surface area contributed by atoms with Gasteiger partial charge in [-0.25, -0.2) is 0 Å². The van der Waals surface area contributed by atoms with E-state index in [2.05, 4.69) is 23.1 Å². The summed E-state index contributed by atoms with van der Waals surface area (Å²) in [5.74, 6) is 3.58. The van der Waals surface area contributed by atoms with Crippen LogP contribution in [-0.4, -0.2) is 18.1 Å². The third kappa shape index (κ3) is 4.17. The SMILES string of the molecule is N#Cc1csc(CNCCSCC2CC2)c1. The lowest BCUT2D eigenvalue weighted by molar-refractivity contribution is 0.740. The third-order valence-corrected chi connectivity index (χ3v) is 4.69. The summed E-state index contributed by atoms with van der Waals surface area (Å²) in [6.07, 6.45) is 2.90. The standard InChI is InChI=1S/C12H16N2S2/c13-6-11-5-12(16-9-11)7-14-3-4-15-8-10-1-2-10/h5,9-10,14H,1-4,7-8H2. The number of nitrogens with one attached hydrogen (secondary N) is 1. The molecule has 2 nitrogen and oxygen atoms in total. The summed E-state index contributed by atoms with van der Waals surface area (Å²) >= 11 is 3.72. The van der Waals surface area contributed by atoms with E-state index in [1.54, 1.807) is 11.3 Å². The third-order valence-electron chi connectivity index (χ3n) is 2.56. The van der Waals surface area contributed by atoms with Gasteiger partial charge in [-0.15, -0.1) is 11.3 Å². The Hall–Kier alpha value is -0.500. The molecule has 0 spiro atoms. The van der Waals surface area contributed by atoms with Crippen LogP contribution in [0.2, 0.25) is 0 Å². The zero-order valence-corrected chi connectivity index (χ0v) is 10.9. The Morgan fingerprint density at radius 1 is 1.56 bits per heavy atom. The van der Waals surface area contributed by atoms with E-state index in [1.807, 2.05) is 11.4 Å². The van der Waals surface area contributed by atoms with Crippen LogP contribution in [0.5, 0.6) is 0 Å². The van der Waals surface area contributed by atoms with Crippen LogP contribution in [0, 0.1) is 17.2 Å². The second-order valence-corrected chi connectivity index (χ2v) is 6.25. The summed E-state index contributed by atoms with van der Waals surface area (Å²) in [5, 5.41) is 14.0. The van der Waals surface area contributed by atoms with E-state index < -0.39 is 0 Å².